The molecule has 0 bridgehead atoms. The Bertz CT molecular complexity index is 1050. The van der Waals surface area contributed by atoms with Crippen molar-refractivity contribution in [1.82, 2.24) is 10.2 Å². The van der Waals surface area contributed by atoms with Gasteiger partial charge in [0.15, 0.2) is 5.78 Å². The molecule has 1 aliphatic rings. The highest BCUT2D eigenvalue weighted by Gasteiger charge is 2.25. The van der Waals surface area contributed by atoms with Crippen molar-refractivity contribution < 1.29 is 9.59 Å². The molecule has 0 radical (unpaired) electrons. The number of nitrogens with one attached hydrogen (secondary N) is 1. The minimum absolute atomic E-state index is 0.0381. The summed E-state index contributed by atoms with van der Waals surface area (Å²) in [4.78, 5) is 27.3. The van der Waals surface area contributed by atoms with Crippen LogP contribution >= 0.6 is 0 Å². The van der Waals surface area contributed by atoms with Crippen LogP contribution in [0.1, 0.15) is 34.3 Å². The number of hydrogen-bond donors (Lipinski definition) is 1. The van der Waals surface area contributed by atoms with Crippen molar-refractivity contribution in [1.29, 1.82) is 0 Å². The van der Waals surface area contributed by atoms with Crippen LogP contribution < -0.4 is 5.32 Å². The van der Waals surface area contributed by atoms with Gasteiger partial charge in [0.05, 0.1) is 6.54 Å². The zero-order valence-corrected chi connectivity index (χ0v) is 19.3. The monoisotopic (exact) mass is 440 g/mol. The number of piperidine rings is 1. The summed E-state index contributed by atoms with van der Waals surface area (Å²) in [5.74, 6) is 0.327. The first-order chi connectivity index (χ1) is 16.1. The molecule has 0 aromatic heterocycles. The minimum Gasteiger partial charge on any atom is -0.356 e. The van der Waals surface area contributed by atoms with Crippen LogP contribution in [0.4, 0.5) is 0 Å². The Morgan fingerprint density at radius 2 is 1.48 bits per heavy atom. The zero-order chi connectivity index (χ0) is 23.0. The maximum atomic E-state index is 12.6. The van der Waals surface area contributed by atoms with E-state index in [1.165, 1.54) is 16.7 Å². The quantitative estimate of drug-likeness (QED) is 0.506. The molecule has 0 unspecified atom stereocenters. The second-order valence-corrected chi connectivity index (χ2v) is 8.94. The second-order valence-electron chi connectivity index (χ2n) is 8.94. The number of Topliss-reactive ketones (excluding diaryl/α,β-unsaturated/α-hetero) is 1. The average molecular weight is 441 g/mol. The van der Waals surface area contributed by atoms with Crippen LogP contribution in [0, 0.1) is 12.8 Å². The number of likely N-dealkylation sites (tertiary alicyclic amines) is 1. The molecule has 1 N–H and O–H groups in total. The standard InChI is InChI=1S/C29H32N2O2/c1-22-7-11-26(12-8-22)28(32)21-31-19-16-27(17-20-31)29(33)30-18-15-23-9-13-25(14-10-23)24-5-3-2-4-6-24/h2-14,27H,15-21H2,1H3,(H,30,33). The van der Waals surface area contributed by atoms with Gasteiger partial charge in [0.25, 0.3) is 0 Å². The summed E-state index contributed by atoms with van der Waals surface area (Å²) in [5, 5.41) is 3.11. The Labute approximate surface area is 196 Å². The van der Waals surface area contributed by atoms with Crippen molar-refractivity contribution in [2.75, 3.05) is 26.2 Å². The summed E-state index contributed by atoms with van der Waals surface area (Å²) in [6, 6.07) is 26.6. The number of nitrogens with zero attached hydrogens (tertiary/aromatic N) is 1. The van der Waals surface area contributed by atoms with E-state index in [1.54, 1.807) is 0 Å². The number of ketones is 1. The van der Waals surface area contributed by atoms with Crippen molar-refractivity contribution in [2.45, 2.75) is 26.2 Å². The first kappa shape index (κ1) is 22.9. The van der Waals surface area contributed by atoms with E-state index in [0.717, 1.165) is 43.5 Å². The van der Waals surface area contributed by atoms with Gasteiger partial charge in [0.2, 0.25) is 5.91 Å². The molecular formula is C29H32N2O2. The van der Waals surface area contributed by atoms with Crippen LogP contribution in [0.2, 0.25) is 0 Å². The van der Waals surface area contributed by atoms with Gasteiger partial charge >= 0.3 is 0 Å². The molecule has 1 heterocycles. The minimum atomic E-state index is 0.0381. The highest BCUT2D eigenvalue weighted by atomic mass is 16.2. The zero-order valence-electron chi connectivity index (χ0n) is 19.3. The smallest absolute Gasteiger partial charge is 0.223 e. The van der Waals surface area contributed by atoms with Gasteiger partial charge in [-0.15, -0.1) is 0 Å². The molecule has 170 valence electrons. The van der Waals surface area contributed by atoms with Crippen LogP contribution in [0.3, 0.4) is 0 Å². The molecule has 4 rings (SSSR count). The number of amides is 1. The van der Waals surface area contributed by atoms with E-state index in [9.17, 15) is 9.59 Å². The highest BCUT2D eigenvalue weighted by Crippen LogP contribution is 2.20. The van der Waals surface area contributed by atoms with Gasteiger partial charge in [0, 0.05) is 18.0 Å². The number of benzene rings is 3. The molecule has 1 aliphatic heterocycles. The third-order valence-corrected chi connectivity index (χ3v) is 6.47. The molecule has 33 heavy (non-hydrogen) atoms. The fraction of sp³-hybridized carbons (Fsp3) is 0.310. The Morgan fingerprint density at radius 1 is 0.848 bits per heavy atom. The van der Waals surface area contributed by atoms with E-state index in [1.807, 2.05) is 49.4 Å². The molecule has 0 atom stereocenters. The summed E-state index contributed by atoms with van der Waals surface area (Å²) in [7, 11) is 0. The fourth-order valence-corrected chi connectivity index (χ4v) is 4.36. The van der Waals surface area contributed by atoms with Crippen molar-refractivity contribution in [3.63, 3.8) is 0 Å². The Balaban J connectivity index is 1.17. The van der Waals surface area contributed by atoms with Crippen molar-refractivity contribution in [3.8, 4) is 11.1 Å². The van der Waals surface area contributed by atoms with Gasteiger partial charge < -0.3 is 5.32 Å². The van der Waals surface area contributed by atoms with Crippen LogP contribution in [0.25, 0.3) is 11.1 Å². The Hall–Kier alpha value is -3.24. The predicted octanol–water partition coefficient (Wildman–Crippen LogP) is 4.92. The largest absolute Gasteiger partial charge is 0.356 e. The summed E-state index contributed by atoms with van der Waals surface area (Å²) in [6.45, 7) is 4.67. The highest BCUT2D eigenvalue weighted by molar-refractivity contribution is 5.97. The molecule has 3 aromatic carbocycles. The van der Waals surface area contributed by atoms with E-state index in [0.29, 0.717) is 13.1 Å². The third kappa shape index (κ3) is 6.39. The molecular weight excluding hydrogens is 408 g/mol. The van der Waals surface area contributed by atoms with E-state index in [2.05, 4.69) is 46.6 Å². The van der Waals surface area contributed by atoms with Gasteiger partial charge in [0.1, 0.15) is 0 Å². The van der Waals surface area contributed by atoms with Crippen molar-refractivity contribution in [3.05, 3.63) is 95.6 Å². The summed E-state index contributed by atoms with van der Waals surface area (Å²) >= 11 is 0. The second kappa shape index (κ2) is 11.1. The number of rotatable bonds is 8. The fourth-order valence-electron chi connectivity index (χ4n) is 4.36. The normalized spacial score (nSPS) is 14.7. The number of carbonyl (C=O) groups excluding carboxylic acids is 2. The first-order valence-corrected chi connectivity index (χ1v) is 11.8. The van der Waals surface area contributed by atoms with E-state index in [-0.39, 0.29) is 17.6 Å². The predicted molar refractivity (Wildman–Crippen MR) is 133 cm³/mol. The van der Waals surface area contributed by atoms with E-state index < -0.39 is 0 Å². The van der Waals surface area contributed by atoms with Crippen molar-refractivity contribution >= 4 is 11.7 Å². The van der Waals surface area contributed by atoms with Crippen LogP contribution in [0.5, 0.6) is 0 Å². The summed E-state index contributed by atoms with van der Waals surface area (Å²) in [6.07, 6.45) is 2.43. The number of aryl methyl sites for hydroxylation is 1. The van der Waals surface area contributed by atoms with Crippen LogP contribution in [-0.4, -0.2) is 42.8 Å². The van der Waals surface area contributed by atoms with Crippen LogP contribution in [0.15, 0.2) is 78.9 Å². The lowest BCUT2D eigenvalue weighted by molar-refractivity contribution is -0.126. The Kier molecular flexibility index (Phi) is 7.69. The molecule has 1 saturated heterocycles. The molecule has 3 aromatic rings. The van der Waals surface area contributed by atoms with E-state index >= 15 is 0 Å². The topological polar surface area (TPSA) is 49.4 Å². The van der Waals surface area contributed by atoms with Gasteiger partial charge in [-0.25, -0.2) is 0 Å². The number of hydrogen-bond acceptors (Lipinski definition) is 3. The van der Waals surface area contributed by atoms with Gasteiger partial charge in [-0.2, -0.15) is 0 Å². The molecule has 0 spiro atoms. The average Bonchev–Trinajstić information content (AvgIpc) is 2.86. The lowest BCUT2D eigenvalue weighted by Crippen LogP contribution is -2.42. The summed E-state index contributed by atoms with van der Waals surface area (Å²) < 4.78 is 0. The first-order valence-electron chi connectivity index (χ1n) is 11.8. The van der Waals surface area contributed by atoms with Gasteiger partial charge in [-0.3, -0.25) is 14.5 Å². The van der Waals surface area contributed by atoms with Gasteiger partial charge in [-0.1, -0.05) is 84.4 Å². The third-order valence-electron chi connectivity index (χ3n) is 6.47. The molecule has 1 fully saturated rings. The molecule has 4 nitrogen and oxygen atoms in total. The van der Waals surface area contributed by atoms with Crippen LogP contribution in [-0.2, 0) is 11.2 Å². The maximum absolute atomic E-state index is 12.6. The Morgan fingerprint density at radius 3 is 2.15 bits per heavy atom. The lowest BCUT2D eigenvalue weighted by atomic mass is 9.95. The molecule has 0 aliphatic carbocycles. The van der Waals surface area contributed by atoms with Crippen molar-refractivity contribution in [2.24, 2.45) is 5.92 Å². The van der Waals surface area contributed by atoms with E-state index in [4.69, 9.17) is 0 Å². The number of carbonyl (C=O) groups is 2. The molecule has 1 amide bonds. The maximum Gasteiger partial charge on any atom is 0.223 e. The lowest BCUT2D eigenvalue weighted by Gasteiger charge is -2.30. The summed E-state index contributed by atoms with van der Waals surface area (Å²) in [5.41, 5.74) is 5.56. The molecule has 4 heteroatoms. The SMILES string of the molecule is Cc1ccc(C(=O)CN2CCC(C(=O)NCCc3ccc(-c4ccccc4)cc3)CC2)cc1. The molecule has 0 saturated carbocycles. The van der Waals surface area contributed by atoms with Gasteiger partial charge in [-0.05, 0) is 56.0 Å².